The van der Waals surface area contributed by atoms with Crippen LogP contribution < -0.4 is 4.72 Å². The van der Waals surface area contributed by atoms with Gasteiger partial charge in [-0.1, -0.05) is 25.1 Å². The van der Waals surface area contributed by atoms with Gasteiger partial charge in [0.25, 0.3) is 5.91 Å². The molecule has 0 unspecified atom stereocenters. The van der Waals surface area contributed by atoms with E-state index in [2.05, 4.69) is 4.72 Å². The Labute approximate surface area is 87.0 Å². The predicted octanol–water partition coefficient (Wildman–Crippen LogP) is 2.00. The van der Waals surface area contributed by atoms with Gasteiger partial charge >= 0.3 is 0 Å². The summed E-state index contributed by atoms with van der Waals surface area (Å²) >= 11 is 0.841. The van der Waals surface area contributed by atoms with Crippen molar-refractivity contribution >= 4 is 23.0 Å². The van der Waals surface area contributed by atoms with Gasteiger partial charge in [-0.2, -0.15) is 0 Å². The molecular formula is C10H11NO2S. The van der Waals surface area contributed by atoms with E-state index in [0.717, 1.165) is 11.9 Å². The van der Waals surface area contributed by atoms with E-state index in [9.17, 15) is 9.59 Å². The number of carbonyl (C=O) groups is 2. The van der Waals surface area contributed by atoms with Crippen molar-refractivity contribution in [2.24, 2.45) is 0 Å². The Balaban J connectivity index is 2.48. The molecule has 0 saturated heterocycles. The minimum absolute atomic E-state index is 0.0470. The summed E-state index contributed by atoms with van der Waals surface area (Å²) < 4.78 is 2.48. The van der Waals surface area contributed by atoms with Crippen molar-refractivity contribution in [1.82, 2.24) is 4.72 Å². The lowest BCUT2D eigenvalue weighted by atomic mass is 10.2. The summed E-state index contributed by atoms with van der Waals surface area (Å²) in [5.41, 5.74) is 0.559. The lowest BCUT2D eigenvalue weighted by Crippen LogP contribution is -2.17. The summed E-state index contributed by atoms with van der Waals surface area (Å²) in [7, 11) is 0. The topological polar surface area (TPSA) is 46.2 Å². The van der Waals surface area contributed by atoms with Crippen LogP contribution in [0.2, 0.25) is 0 Å². The lowest BCUT2D eigenvalue weighted by molar-refractivity contribution is -0.110. The molecule has 14 heavy (non-hydrogen) atoms. The van der Waals surface area contributed by atoms with E-state index in [1.165, 1.54) is 0 Å². The Kier molecular flexibility index (Phi) is 4.19. The van der Waals surface area contributed by atoms with Crippen LogP contribution in [0, 0.1) is 0 Å². The monoisotopic (exact) mass is 209 g/mol. The van der Waals surface area contributed by atoms with Crippen molar-refractivity contribution < 1.29 is 9.59 Å². The first-order valence-electron chi connectivity index (χ1n) is 4.29. The van der Waals surface area contributed by atoms with Crippen molar-refractivity contribution in [3.05, 3.63) is 35.9 Å². The Hall–Kier alpha value is -1.29. The molecule has 0 aliphatic rings. The average Bonchev–Trinajstić information content (AvgIpc) is 2.26. The molecule has 0 heterocycles. The molecule has 0 aliphatic carbocycles. The maximum atomic E-state index is 11.4. The zero-order chi connectivity index (χ0) is 10.4. The van der Waals surface area contributed by atoms with Gasteiger partial charge in [-0.05, 0) is 12.1 Å². The molecule has 1 N–H and O–H groups in total. The molecule has 4 heteroatoms. The molecule has 1 aromatic rings. The van der Waals surface area contributed by atoms with Gasteiger partial charge < -0.3 is 0 Å². The molecule has 0 aliphatic heterocycles. The Morgan fingerprint density at radius 3 is 2.50 bits per heavy atom. The summed E-state index contributed by atoms with van der Waals surface area (Å²) in [5.74, 6) is -0.239. The smallest absolute Gasteiger partial charge is 0.261 e. The van der Waals surface area contributed by atoms with Crippen LogP contribution in [0.25, 0.3) is 0 Å². The number of rotatable bonds is 2. The molecule has 0 aromatic heterocycles. The second-order valence-electron chi connectivity index (χ2n) is 2.62. The van der Waals surface area contributed by atoms with E-state index in [1.807, 2.05) is 6.07 Å². The van der Waals surface area contributed by atoms with E-state index < -0.39 is 0 Å². The fourth-order valence-electron chi connectivity index (χ4n) is 0.824. The largest absolute Gasteiger partial charge is 0.289 e. The minimum Gasteiger partial charge on any atom is -0.289 e. The van der Waals surface area contributed by atoms with Gasteiger partial charge in [-0.15, -0.1) is 0 Å². The first kappa shape index (κ1) is 10.8. The van der Waals surface area contributed by atoms with Crippen LogP contribution in [0.5, 0.6) is 0 Å². The fraction of sp³-hybridized carbons (Fsp3) is 0.200. The summed E-state index contributed by atoms with van der Waals surface area (Å²) in [6, 6.07) is 8.79. The molecule has 1 aromatic carbocycles. The second-order valence-corrected chi connectivity index (χ2v) is 3.49. The van der Waals surface area contributed by atoms with E-state index in [1.54, 1.807) is 31.2 Å². The summed E-state index contributed by atoms with van der Waals surface area (Å²) in [4.78, 5) is 22.3. The van der Waals surface area contributed by atoms with Crippen LogP contribution >= 0.6 is 11.9 Å². The van der Waals surface area contributed by atoms with Gasteiger partial charge in [0.15, 0.2) is 0 Å². The average molecular weight is 209 g/mol. The van der Waals surface area contributed by atoms with Crippen LogP contribution in [-0.2, 0) is 4.79 Å². The van der Waals surface area contributed by atoms with E-state index in [-0.39, 0.29) is 11.0 Å². The molecule has 0 saturated carbocycles. The van der Waals surface area contributed by atoms with Gasteiger partial charge in [0.1, 0.15) is 0 Å². The number of benzene rings is 1. The highest BCUT2D eigenvalue weighted by atomic mass is 32.2. The first-order chi connectivity index (χ1) is 6.74. The maximum Gasteiger partial charge on any atom is 0.261 e. The van der Waals surface area contributed by atoms with Gasteiger partial charge in [-0.25, -0.2) is 0 Å². The summed E-state index contributed by atoms with van der Waals surface area (Å²) in [6.45, 7) is 1.75. The molecule has 1 amide bonds. The molecule has 0 fully saturated rings. The van der Waals surface area contributed by atoms with Crippen LogP contribution in [0.15, 0.2) is 30.3 Å². The lowest BCUT2D eigenvalue weighted by Gasteiger charge is -2.01. The molecular weight excluding hydrogens is 198 g/mol. The molecule has 74 valence electrons. The number of hydrogen-bond donors (Lipinski definition) is 1. The van der Waals surface area contributed by atoms with Crippen LogP contribution in [0.3, 0.4) is 0 Å². The molecule has 0 spiro atoms. The van der Waals surface area contributed by atoms with Crippen molar-refractivity contribution in [1.29, 1.82) is 0 Å². The van der Waals surface area contributed by atoms with E-state index >= 15 is 0 Å². The van der Waals surface area contributed by atoms with Gasteiger partial charge in [0.2, 0.25) is 5.12 Å². The SMILES string of the molecule is CCC(=O)SNC(=O)c1ccccc1. The van der Waals surface area contributed by atoms with Crippen LogP contribution in [0.4, 0.5) is 0 Å². The summed E-state index contributed by atoms with van der Waals surface area (Å²) in [5, 5.41) is -0.0470. The number of carbonyl (C=O) groups excluding carboxylic acids is 2. The number of amides is 1. The van der Waals surface area contributed by atoms with Gasteiger partial charge in [0.05, 0.1) is 0 Å². The van der Waals surface area contributed by atoms with Crippen molar-refractivity contribution in [2.45, 2.75) is 13.3 Å². The Morgan fingerprint density at radius 2 is 1.93 bits per heavy atom. The Bertz CT molecular complexity index is 324. The van der Waals surface area contributed by atoms with Crippen molar-refractivity contribution in [2.75, 3.05) is 0 Å². The fourth-order valence-corrected chi connectivity index (χ4v) is 1.29. The third-order valence-corrected chi connectivity index (χ3v) is 2.39. The molecule has 3 nitrogen and oxygen atoms in total. The quantitative estimate of drug-likeness (QED) is 0.758. The van der Waals surface area contributed by atoms with Crippen LogP contribution in [-0.4, -0.2) is 11.0 Å². The third kappa shape index (κ3) is 3.22. The predicted molar refractivity (Wildman–Crippen MR) is 56.8 cm³/mol. The third-order valence-electron chi connectivity index (χ3n) is 1.58. The Morgan fingerprint density at radius 1 is 1.29 bits per heavy atom. The van der Waals surface area contributed by atoms with Crippen LogP contribution in [0.1, 0.15) is 23.7 Å². The molecule has 0 radical (unpaired) electrons. The number of hydrogen-bond acceptors (Lipinski definition) is 3. The number of nitrogens with one attached hydrogen (secondary N) is 1. The maximum absolute atomic E-state index is 11.4. The molecule has 0 atom stereocenters. The van der Waals surface area contributed by atoms with Crippen molar-refractivity contribution in [3.8, 4) is 0 Å². The zero-order valence-corrected chi connectivity index (χ0v) is 8.64. The van der Waals surface area contributed by atoms with Gasteiger partial charge in [-0.3, -0.25) is 14.3 Å². The second kappa shape index (κ2) is 5.44. The minimum atomic E-state index is -0.239. The standard InChI is InChI=1S/C10H11NO2S/c1-2-9(12)14-11-10(13)8-6-4-3-5-7-8/h3-7H,2H2,1H3,(H,11,13). The first-order valence-corrected chi connectivity index (χ1v) is 5.10. The zero-order valence-electron chi connectivity index (χ0n) is 7.82. The van der Waals surface area contributed by atoms with Gasteiger partial charge in [0, 0.05) is 23.9 Å². The van der Waals surface area contributed by atoms with Crippen molar-refractivity contribution in [3.63, 3.8) is 0 Å². The normalized spacial score (nSPS) is 9.50. The highest BCUT2D eigenvalue weighted by Crippen LogP contribution is 2.03. The highest BCUT2D eigenvalue weighted by Gasteiger charge is 2.06. The molecule has 0 bridgehead atoms. The highest BCUT2D eigenvalue weighted by molar-refractivity contribution is 8.12. The van der Waals surface area contributed by atoms with E-state index in [4.69, 9.17) is 0 Å². The van der Waals surface area contributed by atoms with E-state index in [0.29, 0.717) is 12.0 Å². The summed E-state index contributed by atoms with van der Waals surface area (Å²) in [6.07, 6.45) is 0.416. The molecule has 1 rings (SSSR count).